The van der Waals surface area contributed by atoms with Gasteiger partial charge in [0.25, 0.3) is 5.56 Å². The minimum atomic E-state index is -0.0856. The van der Waals surface area contributed by atoms with Crippen molar-refractivity contribution in [2.24, 2.45) is 0 Å². The molecule has 9 heteroatoms. The molecule has 1 unspecified atom stereocenters. The first-order valence-corrected chi connectivity index (χ1v) is 9.99. The summed E-state index contributed by atoms with van der Waals surface area (Å²) in [4.78, 5) is 24.8. The van der Waals surface area contributed by atoms with Crippen LogP contribution in [0, 0.1) is 0 Å². The Morgan fingerprint density at radius 1 is 1.33 bits per heavy atom. The molecule has 27 heavy (non-hydrogen) atoms. The molecule has 0 spiro atoms. The number of imidazole rings is 1. The van der Waals surface area contributed by atoms with Gasteiger partial charge in [-0.25, -0.2) is 14.6 Å². The highest BCUT2D eigenvalue weighted by atomic mass is 32.1. The SMILES string of the molecule is O=c1ccc(-n2ccnc2)nn1CC1CCCN1c1nc2c(s1)COCC2. The number of anilines is 1. The van der Waals surface area contributed by atoms with Gasteiger partial charge in [-0.05, 0) is 18.9 Å². The molecule has 1 saturated heterocycles. The molecule has 8 nitrogen and oxygen atoms in total. The zero-order chi connectivity index (χ0) is 18.2. The smallest absolute Gasteiger partial charge is 0.266 e. The van der Waals surface area contributed by atoms with E-state index in [2.05, 4.69) is 15.0 Å². The summed E-state index contributed by atoms with van der Waals surface area (Å²) in [6, 6.07) is 3.52. The van der Waals surface area contributed by atoms with E-state index in [1.807, 2.05) is 6.20 Å². The molecule has 0 bridgehead atoms. The van der Waals surface area contributed by atoms with Crippen LogP contribution in [-0.2, 0) is 24.3 Å². The predicted molar refractivity (Wildman–Crippen MR) is 101 cm³/mol. The number of thiazole rings is 1. The number of ether oxygens (including phenoxy) is 1. The Balaban J connectivity index is 1.41. The molecule has 3 aromatic rings. The van der Waals surface area contributed by atoms with Gasteiger partial charge in [0.15, 0.2) is 10.9 Å². The monoisotopic (exact) mass is 384 g/mol. The second-order valence-electron chi connectivity index (χ2n) is 6.84. The molecule has 0 aliphatic carbocycles. The van der Waals surface area contributed by atoms with Gasteiger partial charge in [-0.2, -0.15) is 5.10 Å². The normalized spacial score (nSPS) is 19.4. The average molecular weight is 384 g/mol. The first kappa shape index (κ1) is 16.6. The van der Waals surface area contributed by atoms with Crippen molar-refractivity contribution in [2.75, 3.05) is 18.1 Å². The standard InChI is InChI=1S/C18H20N6O2S/c25-17-4-3-16(22-8-6-19-12-22)21-24(17)10-13-2-1-7-23(13)18-20-14-5-9-26-11-15(14)27-18/h3-4,6,8,12-13H,1-2,5,7,9-11H2. The van der Waals surface area contributed by atoms with Gasteiger partial charge in [0, 0.05) is 31.4 Å². The summed E-state index contributed by atoms with van der Waals surface area (Å²) in [6.45, 7) is 2.94. The van der Waals surface area contributed by atoms with Crippen molar-refractivity contribution in [1.29, 1.82) is 0 Å². The first-order chi connectivity index (χ1) is 13.3. The summed E-state index contributed by atoms with van der Waals surface area (Å²) < 4.78 is 8.91. The largest absolute Gasteiger partial charge is 0.375 e. The molecular formula is C18H20N6O2S. The lowest BCUT2D eigenvalue weighted by Gasteiger charge is -2.24. The van der Waals surface area contributed by atoms with E-state index >= 15 is 0 Å². The van der Waals surface area contributed by atoms with Crippen LogP contribution in [0.1, 0.15) is 23.4 Å². The topological polar surface area (TPSA) is 78.1 Å². The van der Waals surface area contributed by atoms with Crippen LogP contribution in [-0.4, -0.2) is 43.5 Å². The number of fused-ring (bicyclic) bond motifs is 1. The van der Waals surface area contributed by atoms with Crippen LogP contribution < -0.4 is 10.5 Å². The van der Waals surface area contributed by atoms with Crippen LogP contribution in [0.3, 0.4) is 0 Å². The molecule has 0 amide bonds. The second-order valence-corrected chi connectivity index (χ2v) is 7.90. The fraction of sp³-hybridized carbons (Fsp3) is 0.444. The second kappa shape index (κ2) is 6.90. The highest BCUT2D eigenvalue weighted by Gasteiger charge is 2.29. The first-order valence-electron chi connectivity index (χ1n) is 9.17. The lowest BCUT2D eigenvalue weighted by Crippen LogP contribution is -2.37. The van der Waals surface area contributed by atoms with Crippen molar-refractivity contribution in [3.05, 3.63) is 51.8 Å². The summed E-state index contributed by atoms with van der Waals surface area (Å²) in [5.74, 6) is 0.693. The molecule has 2 aliphatic heterocycles. The number of rotatable bonds is 4. The van der Waals surface area contributed by atoms with E-state index in [1.165, 1.54) is 10.6 Å². The summed E-state index contributed by atoms with van der Waals surface area (Å²) in [5.41, 5.74) is 1.09. The third-order valence-electron chi connectivity index (χ3n) is 5.11. The summed E-state index contributed by atoms with van der Waals surface area (Å²) >= 11 is 1.72. The van der Waals surface area contributed by atoms with E-state index in [1.54, 1.807) is 45.2 Å². The molecule has 0 saturated carbocycles. The zero-order valence-electron chi connectivity index (χ0n) is 14.8. The molecule has 140 valence electrons. The Bertz CT molecular complexity index is 972. The summed E-state index contributed by atoms with van der Waals surface area (Å²) in [6.07, 6.45) is 8.22. The minimum absolute atomic E-state index is 0.0856. The Labute approximate surface area is 160 Å². The minimum Gasteiger partial charge on any atom is -0.375 e. The molecule has 5 rings (SSSR count). The maximum Gasteiger partial charge on any atom is 0.266 e. The highest BCUT2D eigenvalue weighted by Crippen LogP contribution is 2.34. The third-order valence-corrected chi connectivity index (χ3v) is 6.22. The van der Waals surface area contributed by atoms with Crippen LogP contribution in [0.2, 0.25) is 0 Å². The van der Waals surface area contributed by atoms with Gasteiger partial charge in [-0.1, -0.05) is 11.3 Å². The molecular weight excluding hydrogens is 364 g/mol. The maximum absolute atomic E-state index is 12.4. The van der Waals surface area contributed by atoms with Gasteiger partial charge in [-0.3, -0.25) is 9.36 Å². The van der Waals surface area contributed by atoms with Crippen molar-refractivity contribution < 1.29 is 4.74 Å². The van der Waals surface area contributed by atoms with E-state index in [-0.39, 0.29) is 11.6 Å². The van der Waals surface area contributed by atoms with Crippen LogP contribution >= 0.6 is 11.3 Å². The molecule has 5 heterocycles. The van der Waals surface area contributed by atoms with Gasteiger partial charge in [0.2, 0.25) is 0 Å². The highest BCUT2D eigenvalue weighted by molar-refractivity contribution is 7.15. The van der Waals surface area contributed by atoms with E-state index < -0.39 is 0 Å². The van der Waals surface area contributed by atoms with E-state index in [4.69, 9.17) is 9.72 Å². The fourth-order valence-electron chi connectivity index (χ4n) is 3.71. The Morgan fingerprint density at radius 3 is 3.15 bits per heavy atom. The van der Waals surface area contributed by atoms with Crippen LogP contribution in [0.15, 0.2) is 35.6 Å². The molecule has 0 aromatic carbocycles. The van der Waals surface area contributed by atoms with E-state index in [0.29, 0.717) is 19.0 Å². The lowest BCUT2D eigenvalue weighted by molar-refractivity contribution is 0.112. The van der Waals surface area contributed by atoms with Gasteiger partial charge < -0.3 is 9.64 Å². The van der Waals surface area contributed by atoms with E-state index in [0.717, 1.165) is 37.5 Å². The molecule has 0 N–H and O–H groups in total. The molecule has 3 aromatic heterocycles. The Hall–Kier alpha value is -2.52. The quantitative estimate of drug-likeness (QED) is 0.680. The van der Waals surface area contributed by atoms with Crippen molar-refractivity contribution in [1.82, 2.24) is 24.3 Å². The van der Waals surface area contributed by atoms with Crippen molar-refractivity contribution >= 4 is 16.5 Å². The van der Waals surface area contributed by atoms with Gasteiger partial charge in [-0.15, -0.1) is 0 Å². The van der Waals surface area contributed by atoms with Crippen molar-refractivity contribution in [3.8, 4) is 5.82 Å². The zero-order valence-corrected chi connectivity index (χ0v) is 15.6. The maximum atomic E-state index is 12.4. The van der Waals surface area contributed by atoms with Crippen LogP contribution in [0.25, 0.3) is 5.82 Å². The van der Waals surface area contributed by atoms with Gasteiger partial charge in [0.05, 0.1) is 36.4 Å². The number of hydrogen-bond acceptors (Lipinski definition) is 7. The summed E-state index contributed by atoms with van der Waals surface area (Å²) in [7, 11) is 0. The number of hydrogen-bond donors (Lipinski definition) is 0. The van der Waals surface area contributed by atoms with Crippen molar-refractivity contribution in [2.45, 2.75) is 38.5 Å². The molecule has 1 atom stereocenters. The molecule has 0 radical (unpaired) electrons. The number of nitrogens with zero attached hydrogens (tertiary/aromatic N) is 6. The van der Waals surface area contributed by atoms with Crippen LogP contribution in [0.5, 0.6) is 0 Å². The Kier molecular flexibility index (Phi) is 4.25. The summed E-state index contributed by atoms with van der Waals surface area (Å²) in [5, 5.41) is 5.58. The average Bonchev–Trinajstić information content (AvgIpc) is 3.43. The molecule has 2 aliphatic rings. The van der Waals surface area contributed by atoms with Crippen molar-refractivity contribution in [3.63, 3.8) is 0 Å². The van der Waals surface area contributed by atoms with Gasteiger partial charge >= 0.3 is 0 Å². The fourth-order valence-corrected chi connectivity index (χ4v) is 4.85. The van der Waals surface area contributed by atoms with E-state index in [9.17, 15) is 4.79 Å². The Morgan fingerprint density at radius 2 is 2.30 bits per heavy atom. The lowest BCUT2D eigenvalue weighted by atomic mass is 10.2. The molecule has 1 fully saturated rings. The number of aromatic nitrogens is 5. The van der Waals surface area contributed by atoms with Gasteiger partial charge in [0.1, 0.15) is 6.33 Å². The van der Waals surface area contributed by atoms with Crippen LogP contribution in [0.4, 0.5) is 5.13 Å². The third kappa shape index (κ3) is 3.17. The predicted octanol–water partition coefficient (Wildman–Crippen LogP) is 1.63.